The van der Waals surface area contributed by atoms with Gasteiger partial charge in [0, 0.05) is 39.0 Å². The number of anilines is 5. The summed E-state index contributed by atoms with van der Waals surface area (Å²) >= 11 is 0. The van der Waals surface area contributed by atoms with Crippen LogP contribution in [0.4, 0.5) is 28.4 Å². The molecule has 62 heavy (non-hydrogen) atoms. The van der Waals surface area contributed by atoms with Crippen LogP contribution >= 0.6 is 0 Å². The van der Waals surface area contributed by atoms with Gasteiger partial charge in [-0.15, -0.1) is 0 Å². The molecule has 0 saturated heterocycles. The molecule has 0 bridgehead atoms. The Bertz CT molecular complexity index is 3250. The fourth-order valence-corrected chi connectivity index (χ4v) is 10.1. The van der Waals surface area contributed by atoms with Crippen molar-refractivity contribution >= 4 is 78.9 Å². The van der Waals surface area contributed by atoms with E-state index >= 15 is 0 Å². The van der Waals surface area contributed by atoms with Gasteiger partial charge in [0.05, 0.1) is 11.4 Å². The van der Waals surface area contributed by atoms with Crippen molar-refractivity contribution in [2.75, 3.05) is 9.71 Å². The molecule has 2 aliphatic heterocycles. The number of furan rings is 1. The van der Waals surface area contributed by atoms with E-state index in [0.29, 0.717) is 0 Å². The van der Waals surface area contributed by atoms with Gasteiger partial charge < -0.3 is 14.1 Å². The summed E-state index contributed by atoms with van der Waals surface area (Å²) in [7, 11) is 0. The highest BCUT2D eigenvalue weighted by atomic mass is 16.3. The van der Waals surface area contributed by atoms with Crippen LogP contribution in [0.5, 0.6) is 0 Å². The van der Waals surface area contributed by atoms with Crippen molar-refractivity contribution in [3.63, 3.8) is 0 Å². The van der Waals surface area contributed by atoms with Gasteiger partial charge in [-0.1, -0.05) is 178 Å². The molecule has 0 aliphatic carbocycles. The summed E-state index contributed by atoms with van der Waals surface area (Å²) in [5.41, 5.74) is 18.9. The predicted molar refractivity (Wildman–Crippen MR) is 266 cm³/mol. The average Bonchev–Trinajstić information content (AvgIpc) is 3.64. The van der Waals surface area contributed by atoms with E-state index < -0.39 is 0 Å². The SMILES string of the molecule is CC(C)(C)c1ccc(N2B3c4ccc5c(oc6ccccc65)c4N(c4ccc(C(C)(C)C)cc4-c4ccccc4)c4cc5ccccc5c(c43)-c3ccc(C(C)(C)C)cc32)cc1. The summed E-state index contributed by atoms with van der Waals surface area (Å²) in [6, 6.07) is 59.3. The fourth-order valence-electron chi connectivity index (χ4n) is 10.1. The number of hydrogen-bond acceptors (Lipinski definition) is 3. The van der Waals surface area contributed by atoms with Crippen LogP contribution in [0.1, 0.15) is 79.0 Å². The van der Waals surface area contributed by atoms with Crippen molar-refractivity contribution in [2.45, 2.75) is 78.6 Å². The largest absolute Gasteiger partial charge is 0.454 e. The van der Waals surface area contributed by atoms with Crippen LogP contribution < -0.4 is 20.6 Å². The quantitative estimate of drug-likeness (QED) is 0.166. The number of para-hydroxylation sites is 1. The third-order valence-corrected chi connectivity index (χ3v) is 13.5. The monoisotopic (exact) mass is 804 g/mol. The Morgan fingerprint density at radius 3 is 1.82 bits per heavy atom. The van der Waals surface area contributed by atoms with Crippen LogP contribution in [0.3, 0.4) is 0 Å². The maximum Gasteiger partial charge on any atom is 0.333 e. The molecule has 304 valence electrons. The zero-order chi connectivity index (χ0) is 42.9. The highest BCUT2D eigenvalue weighted by Crippen LogP contribution is 2.53. The van der Waals surface area contributed by atoms with E-state index in [1.54, 1.807) is 0 Å². The number of nitrogens with zero attached hydrogens (tertiary/aromatic N) is 2. The zero-order valence-electron chi connectivity index (χ0n) is 37.4. The first-order chi connectivity index (χ1) is 29.7. The van der Waals surface area contributed by atoms with E-state index in [1.165, 1.54) is 77.7 Å². The normalized spacial score (nSPS) is 13.8. The molecule has 0 N–H and O–H groups in total. The first-order valence-electron chi connectivity index (χ1n) is 22.2. The molecule has 8 aromatic carbocycles. The van der Waals surface area contributed by atoms with Crippen LogP contribution in [-0.4, -0.2) is 6.85 Å². The van der Waals surface area contributed by atoms with Crippen molar-refractivity contribution in [2.24, 2.45) is 0 Å². The molecule has 0 unspecified atom stereocenters. The Balaban J connectivity index is 1.32. The second-order valence-corrected chi connectivity index (χ2v) is 20.6. The van der Waals surface area contributed by atoms with Gasteiger partial charge >= 0.3 is 6.85 Å². The van der Waals surface area contributed by atoms with E-state index in [-0.39, 0.29) is 23.1 Å². The summed E-state index contributed by atoms with van der Waals surface area (Å²) in [5, 5.41) is 4.73. The lowest BCUT2D eigenvalue weighted by molar-refractivity contribution is 0.590. The molecule has 0 radical (unpaired) electrons. The fraction of sp³-hybridized carbons (Fsp3) is 0.207. The third-order valence-electron chi connectivity index (χ3n) is 13.5. The second-order valence-electron chi connectivity index (χ2n) is 20.6. The minimum Gasteiger partial charge on any atom is -0.454 e. The van der Waals surface area contributed by atoms with Crippen molar-refractivity contribution < 1.29 is 4.42 Å². The molecule has 0 fully saturated rings. The minimum absolute atomic E-state index is 0.0280. The van der Waals surface area contributed by atoms with Crippen molar-refractivity contribution in [3.8, 4) is 22.3 Å². The van der Waals surface area contributed by atoms with Crippen molar-refractivity contribution in [1.82, 2.24) is 0 Å². The van der Waals surface area contributed by atoms with Gasteiger partial charge in [-0.05, 0) is 108 Å². The lowest BCUT2D eigenvalue weighted by atomic mass is 9.43. The van der Waals surface area contributed by atoms with Crippen LogP contribution in [0.15, 0.2) is 162 Å². The maximum absolute atomic E-state index is 7.14. The molecular weight excluding hydrogens is 751 g/mol. The summed E-state index contributed by atoms with van der Waals surface area (Å²) in [6.07, 6.45) is 0. The predicted octanol–water partition coefficient (Wildman–Crippen LogP) is 15.0. The lowest BCUT2D eigenvalue weighted by Crippen LogP contribution is -2.61. The Morgan fingerprint density at radius 2 is 1.10 bits per heavy atom. The van der Waals surface area contributed by atoms with Gasteiger partial charge in [-0.2, -0.15) is 0 Å². The molecule has 11 rings (SSSR count). The van der Waals surface area contributed by atoms with Crippen molar-refractivity contribution in [1.29, 1.82) is 0 Å². The summed E-state index contributed by atoms with van der Waals surface area (Å²) < 4.78 is 7.14. The van der Waals surface area contributed by atoms with Crippen LogP contribution in [0, 0.1) is 0 Å². The van der Waals surface area contributed by atoms with Crippen LogP contribution in [-0.2, 0) is 16.2 Å². The average molecular weight is 805 g/mol. The molecule has 9 aromatic rings. The first kappa shape index (κ1) is 38.4. The minimum atomic E-state index is -0.161. The summed E-state index contributed by atoms with van der Waals surface area (Å²) in [5.74, 6) is 0. The van der Waals surface area contributed by atoms with Gasteiger partial charge in [0.15, 0.2) is 5.58 Å². The van der Waals surface area contributed by atoms with Gasteiger partial charge in [-0.25, -0.2) is 0 Å². The number of hydrogen-bond donors (Lipinski definition) is 0. The smallest absolute Gasteiger partial charge is 0.333 e. The number of benzene rings is 8. The number of fused-ring (bicyclic) bond motifs is 10. The maximum atomic E-state index is 7.14. The molecule has 3 nitrogen and oxygen atoms in total. The van der Waals surface area contributed by atoms with Gasteiger partial charge in [0.1, 0.15) is 5.58 Å². The second kappa shape index (κ2) is 13.5. The van der Waals surface area contributed by atoms with E-state index in [1.807, 2.05) is 0 Å². The first-order valence-corrected chi connectivity index (χ1v) is 22.2. The van der Waals surface area contributed by atoms with E-state index in [0.717, 1.165) is 33.3 Å². The highest BCUT2D eigenvalue weighted by molar-refractivity contribution is 6.94. The highest BCUT2D eigenvalue weighted by Gasteiger charge is 2.47. The van der Waals surface area contributed by atoms with Gasteiger partial charge in [-0.3, -0.25) is 0 Å². The Kier molecular flexibility index (Phi) is 8.36. The zero-order valence-corrected chi connectivity index (χ0v) is 37.4. The summed E-state index contributed by atoms with van der Waals surface area (Å²) in [4.78, 5) is 5.20. The van der Waals surface area contributed by atoms with Gasteiger partial charge in [0.2, 0.25) is 0 Å². The molecule has 0 atom stereocenters. The topological polar surface area (TPSA) is 19.6 Å². The Hall–Kier alpha value is -6.52. The third kappa shape index (κ3) is 5.87. The van der Waals surface area contributed by atoms with E-state index in [4.69, 9.17) is 4.42 Å². The molecule has 3 heterocycles. The summed E-state index contributed by atoms with van der Waals surface area (Å²) in [6.45, 7) is 20.6. The lowest BCUT2D eigenvalue weighted by Gasteiger charge is -2.46. The molecule has 0 spiro atoms. The van der Waals surface area contributed by atoms with Gasteiger partial charge in [0.25, 0.3) is 0 Å². The standard InChI is InChI=1S/C58H53BN2O/c1-56(2,3)38-23-27-41(28-24-38)61-49-35-40(58(7,8)9)25-29-45(49)52-42-20-14-13-19-37(42)33-50-53(52)59(61)47-31-30-44-43-21-15-16-22-51(43)62-55(44)54(47)60(50)48-32-26-39(57(4,5)6)34-46(48)36-17-11-10-12-18-36/h10-35H,1-9H3. The Labute approximate surface area is 366 Å². The molecule has 4 heteroatoms. The molecule has 2 aliphatic rings. The van der Waals surface area contributed by atoms with Crippen molar-refractivity contribution in [3.05, 3.63) is 174 Å². The van der Waals surface area contributed by atoms with E-state index in [2.05, 4.69) is 230 Å². The van der Waals surface area contributed by atoms with Crippen LogP contribution in [0.2, 0.25) is 0 Å². The molecule has 0 saturated carbocycles. The molecule has 0 amide bonds. The molecule has 1 aromatic heterocycles. The van der Waals surface area contributed by atoms with Crippen LogP contribution in [0.25, 0.3) is 55.0 Å². The Morgan fingerprint density at radius 1 is 0.468 bits per heavy atom. The van der Waals surface area contributed by atoms with E-state index in [9.17, 15) is 0 Å². The number of rotatable bonds is 3. The molecular formula is C58H53BN2O.